The second-order valence-electron chi connectivity index (χ2n) is 5.29. The van der Waals surface area contributed by atoms with Crippen molar-refractivity contribution in [1.29, 1.82) is 0 Å². The van der Waals surface area contributed by atoms with Gasteiger partial charge in [-0.3, -0.25) is 4.79 Å². The SMILES string of the molecule is CC(Sc1nnc(COc2ccc(Cl)cc2)n1C)C(=O)Nc1nccs1. The molecule has 1 unspecified atom stereocenters. The molecule has 0 spiro atoms. The first-order valence-electron chi connectivity index (χ1n) is 7.66. The normalized spacial score (nSPS) is 12.0. The van der Waals surface area contributed by atoms with Crippen LogP contribution in [0.3, 0.4) is 0 Å². The third-order valence-corrected chi connectivity index (χ3v) is 5.49. The number of anilines is 1. The van der Waals surface area contributed by atoms with Crippen LogP contribution in [-0.2, 0) is 18.4 Å². The maximum atomic E-state index is 12.2. The van der Waals surface area contributed by atoms with Crippen LogP contribution in [0.2, 0.25) is 5.02 Å². The number of thioether (sulfide) groups is 1. The molecule has 3 rings (SSSR count). The van der Waals surface area contributed by atoms with E-state index in [-0.39, 0.29) is 17.8 Å². The number of nitrogens with one attached hydrogen (secondary N) is 1. The van der Waals surface area contributed by atoms with Crippen LogP contribution in [0, 0.1) is 0 Å². The lowest BCUT2D eigenvalue weighted by molar-refractivity contribution is -0.115. The van der Waals surface area contributed by atoms with Crippen LogP contribution in [0.4, 0.5) is 5.13 Å². The highest BCUT2D eigenvalue weighted by atomic mass is 35.5. The highest BCUT2D eigenvalue weighted by Crippen LogP contribution is 2.24. The van der Waals surface area contributed by atoms with E-state index in [1.807, 2.05) is 23.9 Å². The summed E-state index contributed by atoms with van der Waals surface area (Å²) in [5.74, 6) is 1.23. The first kappa shape index (κ1) is 18.7. The van der Waals surface area contributed by atoms with E-state index >= 15 is 0 Å². The van der Waals surface area contributed by atoms with Gasteiger partial charge < -0.3 is 14.6 Å². The first-order chi connectivity index (χ1) is 12.5. The molecule has 0 aliphatic rings. The molecular weight excluding hydrogens is 394 g/mol. The monoisotopic (exact) mass is 409 g/mol. The maximum Gasteiger partial charge on any atom is 0.239 e. The van der Waals surface area contributed by atoms with Gasteiger partial charge in [0.1, 0.15) is 12.4 Å². The van der Waals surface area contributed by atoms with Crippen LogP contribution in [-0.4, -0.2) is 30.9 Å². The quantitative estimate of drug-likeness (QED) is 0.600. The number of amides is 1. The molecule has 0 fully saturated rings. The van der Waals surface area contributed by atoms with E-state index in [0.717, 1.165) is 0 Å². The summed E-state index contributed by atoms with van der Waals surface area (Å²) in [4.78, 5) is 16.3. The Labute approximate surface area is 163 Å². The number of carbonyl (C=O) groups is 1. The number of aromatic nitrogens is 4. The van der Waals surface area contributed by atoms with Crippen molar-refractivity contribution in [2.24, 2.45) is 7.05 Å². The predicted molar refractivity (Wildman–Crippen MR) is 103 cm³/mol. The maximum absolute atomic E-state index is 12.2. The molecule has 0 saturated carbocycles. The summed E-state index contributed by atoms with van der Waals surface area (Å²) < 4.78 is 7.50. The van der Waals surface area contributed by atoms with Gasteiger partial charge in [0.25, 0.3) is 0 Å². The first-order valence-corrected chi connectivity index (χ1v) is 9.80. The molecular formula is C16H16ClN5O2S2. The van der Waals surface area contributed by atoms with Crippen LogP contribution in [0.5, 0.6) is 5.75 Å². The van der Waals surface area contributed by atoms with Crippen molar-refractivity contribution in [2.45, 2.75) is 23.9 Å². The summed E-state index contributed by atoms with van der Waals surface area (Å²) in [6, 6.07) is 7.11. The topological polar surface area (TPSA) is 81.9 Å². The Morgan fingerprint density at radius 1 is 1.38 bits per heavy atom. The molecule has 26 heavy (non-hydrogen) atoms. The third kappa shape index (κ3) is 4.75. The molecule has 10 heteroatoms. The average Bonchev–Trinajstić information content (AvgIpc) is 3.25. The zero-order valence-electron chi connectivity index (χ0n) is 14.0. The van der Waals surface area contributed by atoms with E-state index in [1.54, 1.807) is 30.5 Å². The van der Waals surface area contributed by atoms with Crippen molar-refractivity contribution in [3.05, 3.63) is 46.7 Å². The van der Waals surface area contributed by atoms with E-state index in [4.69, 9.17) is 16.3 Å². The van der Waals surface area contributed by atoms with Crippen LogP contribution in [0.25, 0.3) is 0 Å². The van der Waals surface area contributed by atoms with Gasteiger partial charge in [-0.15, -0.1) is 21.5 Å². The standard InChI is InChI=1S/C16H16ClN5O2S2/c1-10(14(23)19-15-18-7-8-25-15)26-16-21-20-13(22(16)2)9-24-12-5-3-11(17)4-6-12/h3-8,10H,9H2,1-2H3,(H,18,19,23). The molecule has 1 amide bonds. The Bertz CT molecular complexity index is 867. The van der Waals surface area contributed by atoms with Crippen LogP contribution in [0.1, 0.15) is 12.7 Å². The fraction of sp³-hybridized carbons (Fsp3) is 0.250. The zero-order valence-corrected chi connectivity index (χ0v) is 16.4. The van der Waals surface area contributed by atoms with Gasteiger partial charge in [0.2, 0.25) is 5.91 Å². The molecule has 2 heterocycles. The molecule has 1 atom stereocenters. The summed E-state index contributed by atoms with van der Waals surface area (Å²) in [6.45, 7) is 2.08. The Morgan fingerprint density at radius 2 is 2.15 bits per heavy atom. The number of nitrogens with zero attached hydrogens (tertiary/aromatic N) is 4. The van der Waals surface area contributed by atoms with Gasteiger partial charge in [-0.2, -0.15) is 0 Å². The van der Waals surface area contributed by atoms with Gasteiger partial charge in [0.15, 0.2) is 16.1 Å². The smallest absolute Gasteiger partial charge is 0.239 e. The van der Waals surface area contributed by atoms with E-state index in [1.165, 1.54) is 23.1 Å². The highest BCUT2D eigenvalue weighted by Gasteiger charge is 2.19. The summed E-state index contributed by atoms with van der Waals surface area (Å²) in [6.07, 6.45) is 1.65. The van der Waals surface area contributed by atoms with Crippen molar-refractivity contribution in [3.8, 4) is 5.75 Å². The number of carbonyl (C=O) groups excluding carboxylic acids is 1. The van der Waals surface area contributed by atoms with Gasteiger partial charge in [0, 0.05) is 23.6 Å². The van der Waals surface area contributed by atoms with Gasteiger partial charge in [0.05, 0.1) is 5.25 Å². The van der Waals surface area contributed by atoms with Gasteiger partial charge in [-0.25, -0.2) is 4.98 Å². The van der Waals surface area contributed by atoms with E-state index in [2.05, 4.69) is 20.5 Å². The summed E-state index contributed by atoms with van der Waals surface area (Å²) in [5.41, 5.74) is 0. The lowest BCUT2D eigenvalue weighted by Gasteiger charge is -2.10. The lowest BCUT2D eigenvalue weighted by Crippen LogP contribution is -2.22. The molecule has 0 aliphatic carbocycles. The number of thiazole rings is 1. The minimum Gasteiger partial charge on any atom is -0.486 e. The minimum atomic E-state index is -0.341. The number of ether oxygens (including phenoxy) is 1. The molecule has 136 valence electrons. The van der Waals surface area contributed by atoms with Crippen molar-refractivity contribution < 1.29 is 9.53 Å². The summed E-state index contributed by atoms with van der Waals surface area (Å²) >= 11 is 8.56. The molecule has 1 N–H and O–H groups in total. The molecule has 1 aromatic carbocycles. The fourth-order valence-corrected chi connectivity index (χ4v) is 3.45. The predicted octanol–water partition coefficient (Wildman–Crippen LogP) is 3.62. The van der Waals surface area contributed by atoms with Gasteiger partial charge in [-0.05, 0) is 31.2 Å². The molecule has 3 aromatic rings. The highest BCUT2D eigenvalue weighted by molar-refractivity contribution is 8.00. The van der Waals surface area contributed by atoms with Crippen LogP contribution < -0.4 is 10.1 Å². The Morgan fingerprint density at radius 3 is 2.85 bits per heavy atom. The molecule has 2 aromatic heterocycles. The zero-order chi connectivity index (χ0) is 18.5. The second-order valence-corrected chi connectivity index (χ2v) is 7.93. The van der Waals surface area contributed by atoms with Gasteiger partial charge >= 0.3 is 0 Å². The Balaban J connectivity index is 1.57. The summed E-state index contributed by atoms with van der Waals surface area (Å²) in [7, 11) is 1.84. The lowest BCUT2D eigenvalue weighted by atomic mass is 10.3. The molecule has 0 bridgehead atoms. The van der Waals surface area contributed by atoms with Crippen molar-refractivity contribution in [3.63, 3.8) is 0 Å². The van der Waals surface area contributed by atoms with Crippen molar-refractivity contribution >= 4 is 45.7 Å². The van der Waals surface area contributed by atoms with Gasteiger partial charge in [-0.1, -0.05) is 23.4 Å². The molecule has 0 aliphatic heterocycles. The third-order valence-electron chi connectivity index (χ3n) is 3.42. The number of benzene rings is 1. The number of hydrogen-bond donors (Lipinski definition) is 1. The number of halogens is 1. The molecule has 0 saturated heterocycles. The molecule has 7 nitrogen and oxygen atoms in total. The Hall–Kier alpha value is -2.10. The minimum absolute atomic E-state index is 0.132. The van der Waals surface area contributed by atoms with Crippen molar-refractivity contribution in [1.82, 2.24) is 19.7 Å². The average molecular weight is 410 g/mol. The largest absolute Gasteiger partial charge is 0.486 e. The number of rotatable bonds is 7. The number of hydrogen-bond acceptors (Lipinski definition) is 7. The Kier molecular flexibility index (Phi) is 6.12. The van der Waals surface area contributed by atoms with E-state index < -0.39 is 0 Å². The second kappa shape index (κ2) is 8.52. The fourth-order valence-electron chi connectivity index (χ4n) is 1.96. The van der Waals surface area contributed by atoms with Crippen molar-refractivity contribution in [2.75, 3.05) is 5.32 Å². The van der Waals surface area contributed by atoms with Crippen LogP contribution >= 0.6 is 34.7 Å². The molecule has 0 radical (unpaired) electrons. The summed E-state index contributed by atoms with van der Waals surface area (Å²) in [5, 5.41) is 14.4. The van der Waals surface area contributed by atoms with E-state index in [9.17, 15) is 4.79 Å². The van der Waals surface area contributed by atoms with Crippen LogP contribution in [0.15, 0.2) is 41.0 Å². The van der Waals surface area contributed by atoms with E-state index in [0.29, 0.717) is 26.9 Å².